The van der Waals surface area contributed by atoms with Crippen molar-refractivity contribution in [3.63, 3.8) is 0 Å². The molecule has 30 heavy (non-hydrogen) atoms. The average Bonchev–Trinajstić information content (AvgIpc) is 3.34. The van der Waals surface area contributed by atoms with Crippen molar-refractivity contribution in [1.82, 2.24) is 24.2 Å². The van der Waals surface area contributed by atoms with Gasteiger partial charge >= 0.3 is 0 Å². The molecule has 2 unspecified atom stereocenters. The summed E-state index contributed by atoms with van der Waals surface area (Å²) in [6.45, 7) is 2.89. The number of hydrogen-bond donors (Lipinski definition) is 0. The predicted molar refractivity (Wildman–Crippen MR) is 112 cm³/mol. The van der Waals surface area contributed by atoms with Crippen molar-refractivity contribution in [1.29, 1.82) is 0 Å². The summed E-state index contributed by atoms with van der Waals surface area (Å²) in [5.41, 5.74) is 0.900. The van der Waals surface area contributed by atoms with E-state index in [2.05, 4.69) is 17.0 Å². The molecule has 0 saturated carbocycles. The molecule has 7 nitrogen and oxygen atoms in total. The Balaban J connectivity index is 1.48. The number of fused-ring (bicyclic) bond motifs is 2. The summed E-state index contributed by atoms with van der Waals surface area (Å²) in [6.07, 6.45) is 5.04. The number of likely N-dealkylation sites (tertiary alicyclic amines) is 1. The largest absolute Gasteiger partial charge is 0.340 e. The highest BCUT2D eigenvalue weighted by Gasteiger charge is 2.32. The van der Waals surface area contributed by atoms with Gasteiger partial charge in [0.1, 0.15) is 11.2 Å². The second-order valence-electron chi connectivity index (χ2n) is 7.94. The van der Waals surface area contributed by atoms with Crippen molar-refractivity contribution in [2.75, 3.05) is 12.3 Å². The molecule has 1 amide bonds. The molecule has 1 saturated heterocycles. The van der Waals surface area contributed by atoms with Crippen LogP contribution in [0, 0.1) is 5.82 Å². The fraction of sp³-hybridized carbons (Fsp3) is 0.429. The molecular weight excluding hydrogens is 405 g/mol. The van der Waals surface area contributed by atoms with E-state index >= 15 is 0 Å². The van der Waals surface area contributed by atoms with E-state index in [4.69, 9.17) is 0 Å². The molecule has 0 spiro atoms. The van der Waals surface area contributed by atoms with Gasteiger partial charge in [-0.25, -0.2) is 14.1 Å². The van der Waals surface area contributed by atoms with Gasteiger partial charge in [0.25, 0.3) is 5.56 Å². The number of rotatable bonds is 3. The molecule has 2 aliphatic heterocycles. The molecule has 0 bridgehead atoms. The van der Waals surface area contributed by atoms with Gasteiger partial charge in [-0.3, -0.25) is 14.2 Å². The third-order valence-corrected chi connectivity index (χ3v) is 7.07. The van der Waals surface area contributed by atoms with Crippen molar-refractivity contribution in [3.05, 3.63) is 46.6 Å². The molecule has 3 aromatic rings. The second-order valence-corrected chi connectivity index (χ2v) is 8.93. The summed E-state index contributed by atoms with van der Waals surface area (Å²) >= 11 is 1.48. The zero-order valence-corrected chi connectivity index (χ0v) is 17.4. The van der Waals surface area contributed by atoms with Gasteiger partial charge in [-0.05, 0) is 50.5 Å². The van der Waals surface area contributed by atoms with E-state index < -0.39 is 0 Å². The summed E-state index contributed by atoms with van der Waals surface area (Å²) in [7, 11) is 0. The van der Waals surface area contributed by atoms with Crippen LogP contribution in [0.5, 0.6) is 0 Å². The lowest BCUT2D eigenvalue weighted by Crippen LogP contribution is -2.43. The average molecular weight is 428 g/mol. The zero-order chi connectivity index (χ0) is 20.8. The van der Waals surface area contributed by atoms with E-state index in [1.54, 1.807) is 21.4 Å². The Labute approximate surface area is 176 Å². The Hall–Kier alpha value is -2.68. The molecule has 0 radical (unpaired) electrons. The van der Waals surface area contributed by atoms with Crippen LogP contribution in [-0.2, 0) is 4.79 Å². The maximum Gasteiger partial charge on any atom is 0.265 e. The number of amides is 1. The summed E-state index contributed by atoms with van der Waals surface area (Å²) < 4.78 is 16.5. The standard InChI is InChI=1S/C21H22FN5O2S/c1-13-4-2-3-9-25(13)18(28)10-16-12-30-21-24-19-17(20(29)26(16)21)11-23-27(19)15-7-5-14(22)6-8-15/h5-8,11,13,16H,2-4,9-10,12H2,1H3. The molecule has 5 rings (SSSR count). The number of carbonyl (C=O) groups excluding carboxylic acids is 1. The number of nitrogens with zero attached hydrogens (tertiary/aromatic N) is 5. The fourth-order valence-electron chi connectivity index (χ4n) is 4.34. The quantitative estimate of drug-likeness (QED) is 0.601. The summed E-state index contributed by atoms with van der Waals surface area (Å²) in [4.78, 5) is 32.7. The molecule has 0 N–H and O–H groups in total. The molecule has 2 aliphatic rings. The van der Waals surface area contributed by atoms with E-state index in [-0.39, 0.29) is 29.4 Å². The van der Waals surface area contributed by atoms with E-state index in [1.807, 2.05) is 4.90 Å². The van der Waals surface area contributed by atoms with Crippen molar-refractivity contribution in [2.24, 2.45) is 0 Å². The number of benzene rings is 1. The topological polar surface area (TPSA) is 73.0 Å². The van der Waals surface area contributed by atoms with E-state index in [0.29, 0.717) is 34.1 Å². The van der Waals surface area contributed by atoms with Gasteiger partial charge in [-0.1, -0.05) is 11.8 Å². The molecule has 156 valence electrons. The molecule has 1 aromatic carbocycles. The number of aromatic nitrogens is 4. The number of carbonyl (C=O) groups is 1. The molecule has 0 aliphatic carbocycles. The van der Waals surface area contributed by atoms with Crippen LogP contribution in [0.15, 0.2) is 40.4 Å². The lowest BCUT2D eigenvalue weighted by molar-refractivity contribution is -0.135. The molecule has 1 fully saturated rings. The minimum absolute atomic E-state index is 0.106. The third kappa shape index (κ3) is 3.21. The van der Waals surface area contributed by atoms with Crippen LogP contribution in [0.25, 0.3) is 16.7 Å². The first-order valence-corrected chi connectivity index (χ1v) is 11.2. The highest BCUT2D eigenvalue weighted by molar-refractivity contribution is 7.99. The van der Waals surface area contributed by atoms with E-state index in [9.17, 15) is 14.0 Å². The van der Waals surface area contributed by atoms with Gasteiger partial charge in [0.2, 0.25) is 5.91 Å². The van der Waals surface area contributed by atoms with Gasteiger partial charge in [0.05, 0.1) is 17.9 Å². The maximum absolute atomic E-state index is 13.3. The summed E-state index contributed by atoms with van der Waals surface area (Å²) in [5, 5.41) is 5.30. The normalized spacial score (nSPS) is 21.2. The lowest BCUT2D eigenvalue weighted by atomic mass is 10.0. The Morgan fingerprint density at radius 1 is 1.27 bits per heavy atom. The van der Waals surface area contributed by atoms with Gasteiger partial charge in [0.15, 0.2) is 10.8 Å². The number of hydrogen-bond acceptors (Lipinski definition) is 5. The Morgan fingerprint density at radius 2 is 2.07 bits per heavy atom. The minimum atomic E-state index is -0.338. The second kappa shape index (κ2) is 7.54. The fourth-order valence-corrected chi connectivity index (χ4v) is 5.47. The van der Waals surface area contributed by atoms with E-state index in [1.165, 1.54) is 30.1 Å². The number of halogens is 1. The van der Waals surface area contributed by atoms with Gasteiger partial charge in [0, 0.05) is 24.8 Å². The SMILES string of the molecule is CC1CCCCN1C(=O)CC1CSc2nc3c(cnn3-c3ccc(F)cc3)c(=O)n21. The van der Waals surface area contributed by atoms with Gasteiger partial charge in [-0.2, -0.15) is 5.10 Å². The van der Waals surface area contributed by atoms with Crippen molar-refractivity contribution < 1.29 is 9.18 Å². The molecular formula is C21H22FN5O2S. The first kappa shape index (κ1) is 19.3. The highest BCUT2D eigenvalue weighted by Crippen LogP contribution is 2.34. The summed E-state index contributed by atoms with van der Waals surface area (Å²) in [6, 6.07) is 5.95. The third-order valence-electron chi connectivity index (χ3n) is 5.98. The van der Waals surface area contributed by atoms with Crippen LogP contribution in [0.3, 0.4) is 0 Å². The Morgan fingerprint density at radius 3 is 2.83 bits per heavy atom. The van der Waals surface area contributed by atoms with Crippen LogP contribution >= 0.6 is 11.8 Å². The maximum atomic E-state index is 13.3. The predicted octanol–water partition coefficient (Wildman–Crippen LogP) is 3.16. The van der Waals surface area contributed by atoms with Crippen LogP contribution in [0.2, 0.25) is 0 Å². The highest BCUT2D eigenvalue weighted by atomic mass is 32.2. The monoisotopic (exact) mass is 427 g/mol. The van der Waals surface area contributed by atoms with Gasteiger partial charge in [-0.15, -0.1) is 0 Å². The van der Waals surface area contributed by atoms with Crippen LogP contribution in [-0.4, -0.2) is 48.5 Å². The van der Waals surface area contributed by atoms with Crippen LogP contribution in [0.1, 0.15) is 38.6 Å². The first-order valence-electron chi connectivity index (χ1n) is 10.2. The Bertz CT molecular complexity index is 1170. The smallest absolute Gasteiger partial charge is 0.265 e. The molecule has 2 atom stereocenters. The number of thioether (sulfide) groups is 1. The lowest BCUT2D eigenvalue weighted by Gasteiger charge is -2.34. The van der Waals surface area contributed by atoms with Crippen molar-refractivity contribution in [3.8, 4) is 5.69 Å². The van der Waals surface area contributed by atoms with Crippen LogP contribution in [0.4, 0.5) is 4.39 Å². The molecule has 4 heterocycles. The summed E-state index contributed by atoms with van der Waals surface area (Å²) in [5.74, 6) is 0.414. The van der Waals surface area contributed by atoms with E-state index in [0.717, 1.165) is 25.8 Å². The van der Waals surface area contributed by atoms with Crippen LogP contribution < -0.4 is 5.56 Å². The Kier molecular flexibility index (Phi) is 4.85. The van der Waals surface area contributed by atoms with Crippen molar-refractivity contribution in [2.45, 2.75) is 49.8 Å². The van der Waals surface area contributed by atoms with Gasteiger partial charge < -0.3 is 4.90 Å². The first-order chi connectivity index (χ1) is 14.5. The number of piperidine rings is 1. The van der Waals surface area contributed by atoms with Crippen molar-refractivity contribution >= 4 is 28.7 Å². The molecule has 2 aromatic heterocycles. The molecule has 9 heteroatoms. The minimum Gasteiger partial charge on any atom is -0.340 e. The zero-order valence-electron chi connectivity index (χ0n) is 16.6.